The van der Waals surface area contributed by atoms with E-state index in [1.165, 1.54) is 6.26 Å². The van der Waals surface area contributed by atoms with Gasteiger partial charge >= 0.3 is 0 Å². The highest BCUT2D eigenvalue weighted by Gasteiger charge is 2.22. The van der Waals surface area contributed by atoms with Crippen molar-refractivity contribution in [3.63, 3.8) is 0 Å². The molecule has 1 amide bonds. The molecule has 0 aromatic heterocycles. The van der Waals surface area contributed by atoms with Crippen LogP contribution in [0.5, 0.6) is 0 Å². The van der Waals surface area contributed by atoms with Crippen molar-refractivity contribution in [2.24, 2.45) is 0 Å². The molecule has 0 aliphatic carbocycles. The van der Waals surface area contributed by atoms with E-state index in [2.05, 4.69) is 4.90 Å². The van der Waals surface area contributed by atoms with E-state index >= 15 is 0 Å². The molecule has 2 rings (SSSR count). The summed E-state index contributed by atoms with van der Waals surface area (Å²) in [6.45, 7) is 5.28. The molecule has 0 atom stereocenters. The molecule has 1 aliphatic heterocycles. The predicted octanol–water partition coefficient (Wildman–Crippen LogP) is 0.797. The average Bonchev–Trinajstić information content (AvgIpc) is 2.44. The summed E-state index contributed by atoms with van der Waals surface area (Å²) in [5.74, 6) is 0.236. The third-order valence-corrected chi connectivity index (χ3v) is 4.63. The third-order valence-electron chi connectivity index (χ3n) is 3.70. The van der Waals surface area contributed by atoms with Crippen LogP contribution < -0.4 is 0 Å². The second kappa shape index (κ2) is 6.58. The van der Waals surface area contributed by atoms with Crippen LogP contribution in [0.25, 0.3) is 0 Å². The molecule has 0 unspecified atom stereocenters. The largest absolute Gasteiger partial charge is 0.336 e. The summed E-state index contributed by atoms with van der Waals surface area (Å²) >= 11 is 0. The van der Waals surface area contributed by atoms with Gasteiger partial charge in [0.05, 0.1) is 5.75 Å². The Morgan fingerprint density at radius 3 is 2.43 bits per heavy atom. The van der Waals surface area contributed by atoms with Gasteiger partial charge in [-0.2, -0.15) is 0 Å². The number of carbonyl (C=O) groups excluding carboxylic acids is 1. The minimum atomic E-state index is -2.92. The van der Waals surface area contributed by atoms with Gasteiger partial charge < -0.3 is 4.90 Å². The van der Waals surface area contributed by atoms with Crippen molar-refractivity contribution in [1.82, 2.24) is 9.80 Å². The highest BCUT2D eigenvalue weighted by molar-refractivity contribution is 7.90. The Morgan fingerprint density at radius 2 is 1.86 bits per heavy atom. The zero-order valence-electron chi connectivity index (χ0n) is 12.6. The number of rotatable bonds is 4. The molecule has 0 saturated carbocycles. The first-order valence-electron chi connectivity index (χ1n) is 7.11. The van der Waals surface area contributed by atoms with Gasteiger partial charge in [-0.3, -0.25) is 9.69 Å². The standard InChI is InChI=1S/C15H22N2O3S/c1-13-4-3-5-14(12-13)15(18)17-8-6-16(7-9-17)10-11-21(2,19)20/h3-5,12H,6-11H2,1-2H3. The molecule has 0 N–H and O–H groups in total. The summed E-state index contributed by atoms with van der Waals surface area (Å²) in [7, 11) is -2.92. The molecule has 1 aromatic rings. The van der Waals surface area contributed by atoms with Gasteiger partial charge in [0, 0.05) is 44.5 Å². The van der Waals surface area contributed by atoms with Gasteiger partial charge in [-0.05, 0) is 19.1 Å². The average molecular weight is 310 g/mol. The van der Waals surface area contributed by atoms with Gasteiger partial charge in [0.15, 0.2) is 0 Å². The lowest BCUT2D eigenvalue weighted by Crippen LogP contribution is -2.49. The number of sulfone groups is 1. The lowest BCUT2D eigenvalue weighted by Gasteiger charge is -2.34. The molecule has 1 heterocycles. The fourth-order valence-electron chi connectivity index (χ4n) is 2.43. The molecule has 0 spiro atoms. The molecule has 1 aliphatic rings. The van der Waals surface area contributed by atoms with Crippen molar-refractivity contribution in [3.8, 4) is 0 Å². The highest BCUT2D eigenvalue weighted by Crippen LogP contribution is 2.10. The van der Waals surface area contributed by atoms with Gasteiger partial charge in [-0.25, -0.2) is 8.42 Å². The highest BCUT2D eigenvalue weighted by atomic mass is 32.2. The lowest BCUT2D eigenvalue weighted by atomic mass is 10.1. The molecule has 5 nitrogen and oxygen atoms in total. The second-order valence-corrected chi connectivity index (χ2v) is 7.89. The first-order valence-corrected chi connectivity index (χ1v) is 9.17. The Labute approximate surface area is 126 Å². The van der Waals surface area contributed by atoms with Gasteiger partial charge in [-0.1, -0.05) is 17.7 Å². The predicted molar refractivity (Wildman–Crippen MR) is 83.2 cm³/mol. The maximum Gasteiger partial charge on any atom is 0.253 e. The zero-order valence-corrected chi connectivity index (χ0v) is 13.4. The van der Waals surface area contributed by atoms with Crippen LogP contribution in [0, 0.1) is 6.92 Å². The van der Waals surface area contributed by atoms with Crippen LogP contribution >= 0.6 is 0 Å². The molecule has 21 heavy (non-hydrogen) atoms. The Morgan fingerprint density at radius 1 is 1.19 bits per heavy atom. The van der Waals surface area contributed by atoms with Crippen LogP contribution in [0.4, 0.5) is 0 Å². The van der Waals surface area contributed by atoms with E-state index in [4.69, 9.17) is 0 Å². The summed E-state index contributed by atoms with van der Waals surface area (Å²) in [4.78, 5) is 16.3. The topological polar surface area (TPSA) is 57.7 Å². The minimum absolute atomic E-state index is 0.0569. The lowest BCUT2D eigenvalue weighted by molar-refractivity contribution is 0.0644. The van der Waals surface area contributed by atoms with Gasteiger partial charge in [0.2, 0.25) is 0 Å². The number of hydrogen-bond donors (Lipinski definition) is 0. The van der Waals surface area contributed by atoms with Crippen LogP contribution in [0.2, 0.25) is 0 Å². The molecule has 6 heteroatoms. The second-order valence-electron chi connectivity index (χ2n) is 5.63. The number of nitrogens with zero attached hydrogens (tertiary/aromatic N) is 2. The van der Waals surface area contributed by atoms with Crippen LogP contribution in [0.1, 0.15) is 15.9 Å². The third kappa shape index (κ3) is 4.82. The summed E-state index contributed by atoms with van der Waals surface area (Å²) in [5, 5.41) is 0. The van der Waals surface area contributed by atoms with Crippen LogP contribution in [0.15, 0.2) is 24.3 Å². The molecule has 1 aromatic carbocycles. The number of aryl methyl sites for hydroxylation is 1. The van der Waals surface area contributed by atoms with Crippen molar-refractivity contribution < 1.29 is 13.2 Å². The summed E-state index contributed by atoms with van der Waals surface area (Å²) in [5.41, 5.74) is 1.80. The first-order chi connectivity index (χ1) is 9.85. The normalized spacial score (nSPS) is 17.0. The molecule has 1 saturated heterocycles. The van der Waals surface area contributed by atoms with Gasteiger partial charge in [0.1, 0.15) is 9.84 Å². The summed E-state index contributed by atoms with van der Waals surface area (Å²) in [6, 6.07) is 7.61. The molecular weight excluding hydrogens is 288 g/mol. The van der Waals surface area contributed by atoms with Crippen molar-refractivity contribution in [3.05, 3.63) is 35.4 Å². The van der Waals surface area contributed by atoms with E-state index in [1.807, 2.05) is 36.1 Å². The number of hydrogen-bond acceptors (Lipinski definition) is 4. The van der Waals surface area contributed by atoms with Crippen molar-refractivity contribution in [2.45, 2.75) is 6.92 Å². The van der Waals surface area contributed by atoms with E-state index in [0.29, 0.717) is 19.6 Å². The number of carbonyl (C=O) groups is 1. The van der Waals surface area contributed by atoms with E-state index in [9.17, 15) is 13.2 Å². The fraction of sp³-hybridized carbons (Fsp3) is 0.533. The Kier molecular flexibility index (Phi) is 5.00. The monoisotopic (exact) mass is 310 g/mol. The maximum absolute atomic E-state index is 12.4. The molecule has 0 bridgehead atoms. The van der Waals surface area contributed by atoms with E-state index in [0.717, 1.165) is 24.2 Å². The number of piperazine rings is 1. The van der Waals surface area contributed by atoms with E-state index < -0.39 is 9.84 Å². The SMILES string of the molecule is Cc1cccc(C(=O)N2CCN(CCS(C)(=O)=O)CC2)c1. The Balaban J connectivity index is 1.87. The first kappa shape index (κ1) is 16.0. The van der Waals surface area contributed by atoms with Gasteiger partial charge in [0.25, 0.3) is 5.91 Å². The minimum Gasteiger partial charge on any atom is -0.336 e. The molecule has 0 radical (unpaired) electrons. The Hall–Kier alpha value is -1.40. The van der Waals surface area contributed by atoms with Gasteiger partial charge in [-0.15, -0.1) is 0 Å². The smallest absolute Gasteiger partial charge is 0.253 e. The summed E-state index contributed by atoms with van der Waals surface area (Å²) in [6.07, 6.45) is 1.25. The van der Waals surface area contributed by atoms with Crippen molar-refractivity contribution in [1.29, 1.82) is 0 Å². The number of amides is 1. The fourth-order valence-corrected chi connectivity index (χ4v) is 3.02. The van der Waals surface area contributed by atoms with Crippen LogP contribution in [-0.4, -0.2) is 68.9 Å². The van der Waals surface area contributed by atoms with E-state index in [1.54, 1.807) is 0 Å². The quantitative estimate of drug-likeness (QED) is 0.825. The van der Waals surface area contributed by atoms with Crippen molar-refractivity contribution in [2.75, 3.05) is 44.7 Å². The van der Waals surface area contributed by atoms with E-state index in [-0.39, 0.29) is 11.7 Å². The van der Waals surface area contributed by atoms with Crippen molar-refractivity contribution >= 4 is 15.7 Å². The zero-order chi connectivity index (χ0) is 15.5. The molecule has 116 valence electrons. The Bertz CT molecular complexity index is 605. The van der Waals surface area contributed by atoms with Crippen LogP contribution in [0.3, 0.4) is 0 Å². The molecular formula is C15H22N2O3S. The maximum atomic E-state index is 12.4. The number of benzene rings is 1. The van der Waals surface area contributed by atoms with Crippen LogP contribution in [-0.2, 0) is 9.84 Å². The summed E-state index contributed by atoms with van der Waals surface area (Å²) < 4.78 is 22.3. The molecule has 1 fully saturated rings.